The fourth-order valence-electron chi connectivity index (χ4n) is 2.62. The molecule has 1 heterocycles. The lowest BCUT2D eigenvalue weighted by molar-refractivity contribution is -0.135. The third-order valence-electron chi connectivity index (χ3n) is 4.10. The normalized spacial score (nSPS) is 20.4. The molecule has 0 aromatic rings. The first-order valence-corrected chi connectivity index (χ1v) is 7.80. The van der Waals surface area contributed by atoms with Gasteiger partial charge in [-0.3, -0.25) is 9.59 Å². The molecule has 0 spiro atoms. The Hall–Kier alpha value is -0.810. The van der Waals surface area contributed by atoms with Gasteiger partial charge < -0.3 is 16.0 Å². The van der Waals surface area contributed by atoms with E-state index in [0.717, 1.165) is 25.8 Å². The molecule has 1 fully saturated rings. The van der Waals surface area contributed by atoms with E-state index in [2.05, 4.69) is 12.2 Å². The van der Waals surface area contributed by atoms with E-state index >= 15 is 0 Å². The molecule has 1 saturated heterocycles. The highest BCUT2D eigenvalue weighted by Crippen LogP contribution is 2.19. The number of nitrogens with zero attached hydrogens (tertiary/aromatic N) is 1. The van der Waals surface area contributed by atoms with Gasteiger partial charge in [0.15, 0.2) is 0 Å². The molecule has 0 aliphatic carbocycles. The molecule has 1 aliphatic heterocycles. The number of hydrogen-bond donors (Lipinski definition) is 2. The number of hydrogen-bond acceptors (Lipinski definition) is 3. The van der Waals surface area contributed by atoms with Gasteiger partial charge in [0.2, 0.25) is 11.8 Å². The van der Waals surface area contributed by atoms with E-state index in [1.165, 1.54) is 12.8 Å². The van der Waals surface area contributed by atoms with Crippen LogP contribution in [-0.2, 0) is 9.59 Å². The Morgan fingerprint density at radius 3 is 2.52 bits per heavy atom. The molecule has 21 heavy (non-hydrogen) atoms. The Morgan fingerprint density at radius 2 is 1.95 bits per heavy atom. The largest absolute Gasteiger partial charge is 0.346 e. The van der Waals surface area contributed by atoms with E-state index in [0.29, 0.717) is 6.04 Å². The second-order valence-electron chi connectivity index (χ2n) is 5.99. The number of amides is 2. The predicted octanol–water partition coefficient (Wildman–Crippen LogP) is 1.69. The fraction of sp³-hybridized carbons (Fsp3) is 0.867. The standard InChI is InChI=1S/C15H29N3O2.ClH/c1-4-12-8-6-5-7-9-18(12)13(19)10-17-15(20)14(16)11(2)3;/h11-12,14H,4-10,16H2,1-3H3,(H,17,20);1H/t12?,14-;/m0./s1. The maximum absolute atomic E-state index is 12.3. The summed E-state index contributed by atoms with van der Waals surface area (Å²) in [6.45, 7) is 6.78. The molecule has 0 radical (unpaired) electrons. The minimum Gasteiger partial charge on any atom is -0.346 e. The van der Waals surface area contributed by atoms with Crippen LogP contribution in [0.1, 0.15) is 52.9 Å². The van der Waals surface area contributed by atoms with E-state index < -0.39 is 6.04 Å². The fourth-order valence-corrected chi connectivity index (χ4v) is 2.62. The highest BCUT2D eigenvalue weighted by Gasteiger charge is 2.25. The van der Waals surface area contributed by atoms with Crippen molar-refractivity contribution in [2.75, 3.05) is 13.1 Å². The van der Waals surface area contributed by atoms with Gasteiger partial charge in [-0.15, -0.1) is 12.4 Å². The summed E-state index contributed by atoms with van der Waals surface area (Å²) in [4.78, 5) is 26.0. The quantitative estimate of drug-likeness (QED) is 0.809. The van der Waals surface area contributed by atoms with E-state index in [1.807, 2.05) is 18.7 Å². The molecule has 1 rings (SSSR count). The van der Waals surface area contributed by atoms with Crippen LogP contribution in [0.4, 0.5) is 0 Å². The van der Waals surface area contributed by atoms with Gasteiger partial charge in [0.1, 0.15) is 0 Å². The molecule has 0 bridgehead atoms. The first-order valence-electron chi connectivity index (χ1n) is 7.80. The Bertz CT molecular complexity index is 337. The Labute approximate surface area is 134 Å². The highest BCUT2D eigenvalue weighted by atomic mass is 35.5. The number of nitrogens with two attached hydrogens (primary N) is 1. The zero-order chi connectivity index (χ0) is 15.1. The molecular formula is C15H30ClN3O2. The van der Waals surface area contributed by atoms with Crippen LogP contribution in [0.25, 0.3) is 0 Å². The van der Waals surface area contributed by atoms with E-state index in [-0.39, 0.29) is 36.7 Å². The van der Waals surface area contributed by atoms with Gasteiger partial charge in [-0.05, 0) is 25.2 Å². The third kappa shape index (κ3) is 6.22. The molecule has 3 N–H and O–H groups in total. The first-order chi connectivity index (χ1) is 9.47. The van der Waals surface area contributed by atoms with Crippen LogP contribution in [0.3, 0.4) is 0 Å². The van der Waals surface area contributed by atoms with Crippen molar-refractivity contribution in [1.29, 1.82) is 0 Å². The number of halogens is 1. The van der Waals surface area contributed by atoms with Crippen LogP contribution in [0.2, 0.25) is 0 Å². The minimum atomic E-state index is -0.547. The Morgan fingerprint density at radius 1 is 1.29 bits per heavy atom. The monoisotopic (exact) mass is 319 g/mol. The second-order valence-corrected chi connectivity index (χ2v) is 5.99. The number of carbonyl (C=O) groups is 2. The van der Waals surface area contributed by atoms with E-state index in [9.17, 15) is 9.59 Å². The molecule has 0 aromatic heterocycles. The van der Waals surface area contributed by atoms with Crippen molar-refractivity contribution in [1.82, 2.24) is 10.2 Å². The van der Waals surface area contributed by atoms with Gasteiger partial charge in [-0.1, -0.05) is 33.6 Å². The predicted molar refractivity (Wildman–Crippen MR) is 87.3 cm³/mol. The first kappa shape index (κ1) is 20.2. The zero-order valence-corrected chi connectivity index (χ0v) is 14.2. The van der Waals surface area contributed by atoms with E-state index in [1.54, 1.807) is 0 Å². The van der Waals surface area contributed by atoms with Crippen LogP contribution in [0.15, 0.2) is 0 Å². The van der Waals surface area contributed by atoms with Crippen LogP contribution >= 0.6 is 12.4 Å². The van der Waals surface area contributed by atoms with Gasteiger partial charge in [0.05, 0.1) is 12.6 Å². The summed E-state index contributed by atoms with van der Waals surface area (Å²) in [5.41, 5.74) is 5.77. The SMILES string of the molecule is CCC1CCCCCN1C(=O)CNC(=O)[C@@H](N)C(C)C.Cl. The summed E-state index contributed by atoms with van der Waals surface area (Å²) in [7, 11) is 0. The van der Waals surface area contributed by atoms with Gasteiger partial charge >= 0.3 is 0 Å². The molecule has 1 unspecified atom stereocenters. The lowest BCUT2D eigenvalue weighted by Gasteiger charge is -2.29. The van der Waals surface area contributed by atoms with Gasteiger partial charge in [0.25, 0.3) is 0 Å². The maximum atomic E-state index is 12.3. The highest BCUT2D eigenvalue weighted by molar-refractivity contribution is 5.87. The molecule has 2 amide bonds. The lowest BCUT2D eigenvalue weighted by Crippen LogP contribution is -2.49. The minimum absolute atomic E-state index is 0. The summed E-state index contributed by atoms with van der Waals surface area (Å²) >= 11 is 0. The van der Waals surface area contributed by atoms with Crippen LogP contribution < -0.4 is 11.1 Å². The molecule has 1 aliphatic rings. The van der Waals surface area contributed by atoms with Crippen LogP contribution in [0, 0.1) is 5.92 Å². The topological polar surface area (TPSA) is 75.4 Å². The maximum Gasteiger partial charge on any atom is 0.242 e. The lowest BCUT2D eigenvalue weighted by atomic mass is 10.1. The van der Waals surface area contributed by atoms with Gasteiger partial charge in [0, 0.05) is 12.6 Å². The summed E-state index contributed by atoms with van der Waals surface area (Å²) in [6, 6.07) is -0.227. The average molecular weight is 320 g/mol. The van der Waals surface area contributed by atoms with Gasteiger partial charge in [-0.2, -0.15) is 0 Å². The van der Waals surface area contributed by atoms with Crippen molar-refractivity contribution >= 4 is 24.2 Å². The smallest absolute Gasteiger partial charge is 0.242 e. The average Bonchev–Trinajstić information content (AvgIpc) is 2.68. The summed E-state index contributed by atoms with van der Waals surface area (Å²) < 4.78 is 0. The number of likely N-dealkylation sites (tertiary alicyclic amines) is 1. The summed E-state index contributed by atoms with van der Waals surface area (Å²) in [5.74, 6) is -0.147. The second kappa shape index (κ2) is 10.0. The van der Waals surface area contributed by atoms with Crippen molar-refractivity contribution < 1.29 is 9.59 Å². The van der Waals surface area contributed by atoms with Gasteiger partial charge in [-0.25, -0.2) is 0 Å². The van der Waals surface area contributed by atoms with Crippen LogP contribution in [0.5, 0.6) is 0 Å². The van der Waals surface area contributed by atoms with Crippen LogP contribution in [-0.4, -0.2) is 41.9 Å². The molecule has 6 heteroatoms. The Kier molecular flexibility index (Phi) is 9.62. The molecule has 124 valence electrons. The molecular weight excluding hydrogens is 290 g/mol. The summed E-state index contributed by atoms with van der Waals surface area (Å²) in [6.07, 6.45) is 5.48. The number of carbonyl (C=O) groups excluding carboxylic acids is 2. The summed E-state index contributed by atoms with van der Waals surface area (Å²) in [5, 5.41) is 2.67. The van der Waals surface area contributed by atoms with E-state index in [4.69, 9.17) is 5.73 Å². The molecule has 0 saturated carbocycles. The third-order valence-corrected chi connectivity index (χ3v) is 4.10. The molecule has 5 nitrogen and oxygen atoms in total. The number of rotatable bonds is 5. The molecule has 0 aromatic carbocycles. The number of nitrogens with one attached hydrogen (secondary N) is 1. The van der Waals surface area contributed by atoms with Crippen molar-refractivity contribution in [3.05, 3.63) is 0 Å². The van der Waals surface area contributed by atoms with Crippen molar-refractivity contribution in [3.63, 3.8) is 0 Å². The zero-order valence-electron chi connectivity index (χ0n) is 13.4. The van der Waals surface area contributed by atoms with Crippen molar-refractivity contribution in [3.8, 4) is 0 Å². The Balaban J connectivity index is 0.00000400. The molecule has 2 atom stereocenters. The van der Waals surface area contributed by atoms with Crippen molar-refractivity contribution in [2.45, 2.75) is 65.0 Å². The van der Waals surface area contributed by atoms with Crippen molar-refractivity contribution in [2.24, 2.45) is 11.7 Å².